The zero-order valence-corrected chi connectivity index (χ0v) is 25.7. The largest absolute Gasteiger partial charge is 0.542 e. The summed E-state index contributed by atoms with van der Waals surface area (Å²) in [5, 5.41) is 27.5. The molecule has 9 nitrogen and oxygen atoms in total. The molecular weight excluding hydrogens is 641 g/mol. The summed E-state index contributed by atoms with van der Waals surface area (Å²) in [5.41, 5.74) is 5.44. The van der Waals surface area contributed by atoms with Crippen molar-refractivity contribution in [2.24, 2.45) is 5.73 Å². The third-order valence-corrected chi connectivity index (χ3v) is 10.8. The highest BCUT2D eigenvalue weighted by atomic mass is 31.2. The number of carbonyl (C=O) groups is 3. The van der Waals surface area contributed by atoms with Crippen LogP contribution in [-0.2, 0) is 14.4 Å². The SMILES string of the molecule is CN(CCC[P+](c1ccccc1)(c1ccccc1)c1ccccc1)CC(=O)N(C)C(=N)N.O=C(O)C(F)(F)F.O=C([O-])C(F)(F)F. The summed E-state index contributed by atoms with van der Waals surface area (Å²) < 4.78 is 63.3. The molecule has 0 heterocycles. The van der Waals surface area contributed by atoms with Gasteiger partial charge in [-0.2, -0.15) is 26.3 Å². The minimum atomic E-state index is -5.19. The first-order valence-electron chi connectivity index (χ1n) is 13.3. The first-order valence-corrected chi connectivity index (χ1v) is 15.2. The van der Waals surface area contributed by atoms with Crippen LogP contribution in [-0.4, -0.2) is 84.4 Å². The number of rotatable bonds is 9. The molecule has 1 amide bonds. The lowest BCUT2D eigenvalue weighted by atomic mass is 10.3. The van der Waals surface area contributed by atoms with Crippen molar-refractivity contribution in [2.75, 3.05) is 33.3 Å². The van der Waals surface area contributed by atoms with Gasteiger partial charge in [0.2, 0.25) is 5.91 Å². The zero-order valence-electron chi connectivity index (χ0n) is 24.8. The summed E-state index contributed by atoms with van der Waals surface area (Å²) in [6.07, 6.45) is -8.33. The van der Waals surface area contributed by atoms with E-state index in [4.69, 9.17) is 30.9 Å². The van der Waals surface area contributed by atoms with Crippen molar-refractivity contribution in [3.05, 3.63) is 91.0 Å². The van der Waals surface area contributed by atoms with E-state index < -0.39 is 31.6 Å². The fourth-order valence-electron chi connectivity index (χ4n) is 4.01. The van der Waals surface area contributed by atoms with E-state index in [0.717, 1.165) is 19.1 Å². The molecule has 4 N–H and O–H groups in total. The minimum Gasteiger partial charge on any atom is -0.542 e. The number of amides is 1. The Morgan fingerprint density at radius 2 is 1.11 bits per heavy atom. The molecule has 0 bridgehead atoms. The summed E-state index contributed by atoms with van der Waals surface area (Å²) in [7, 11) is 1.63. The molecule has 0 aromatic heterocycles. The van der Waals surface area contributed by atoms with Gasteiger partial charge in [0.1, 0.15) is 29.1 Å². The molecule has 46 heavy (non-hydrogen) atoms. The van der Waals surface area contributed by atoms with Gasteiger partial charge in [0, 0.05) is 13.6 Å². The lowest BCUT2D eigenvalue weighted by Gasteiger charge is -2.28. The molecular formula is C30H33F6N4O5P. The molecule has 0 unspecified atom stereocenters. The van der Waals surface area contributed by atoms with Crippen LogP contribution in [0.15, 0.2) is 91.0 Å². The van der Waals surface area contributed by atoms with E-state index in [1.165, 1.54) is 27.9 Å². The summed E-state index contributed by atoms with van der Waals surface area (Å²) in [5.74, 6) is -6.17. The number of nitrogens with two attached hydrogens (primary N) is 1. The van der Waals surface area contributed by atoms with Gasteiger partial charge in [-0.15, -0.1) is 0 Å². The van der Waals surface area contributed by atoms with Crippen LogP contribution in [0.25, 0.3) is 0 Å². The Labute approximate surface area is 262 Å². The van der Waals surface area contributed by atoms with Gasteiger partial charge in [-0.1, -0.05) is 54.6 Å². The van der Waals surface area contributed by atoms with Gasteiger partial charge in [-0.25, -0.2) is 4.79 Å². The standard InChI is InChI=1S/C26H32N4OP.2C2HF3O2/c1-29(21-25(31)30(2)26(27)28)19-12-20-32(22-13-6-3-7-14-22,23-15-8-4-9-16-23)24-17-10-5-11-18-24;2*3-2(4,5)1(6)7/h3-11,13-18H,12,19-21H2,1-2H3,(H3,27,28);2*(H,6,7)/q+1;;/p-1. The molecule has 0 aliphatic heterocycles. The fraction of sp³-hybridized carbons (Fsp3) is 0.267. The highest BCUT2D eigenvalue weighted by Gasteiger charge is 2.44. The van der Waals surface area contributed by atoms with Crippen LogP contribution in [0.5, 0.6) is 0 Å². The van der Waals surface area contributed by atoms with Crippen LogP contribution >= 0.6 is 7.26 Å². The fourth-order valence-corrected chi connectivity index (χ4v) is 8.34. The number of benzene rings is 3. The van der Waals surface area contributed by atoms with Gasteiger partial charge in [0.25, 0.3) is 0 Å². The highest BCUT2D eigenvalue weighted by Crippen LogP contribution is 2.55. The smallest absolute Gasteiger partial charge is 0.490 e. The number of likely N-dealkylation sites (N-methyl/N-ethyl adjacent to an activating group) is 2. The van der Waals surface area contributed by atoms with Crippen molar-refractivity contribution in [3.8, 4) is 0 Å². The Hall–Kier alpha value is -4.49. The number of hydrogen-bond donors (Lipinski definition) is 3. The maximum absolute atomic E-state index is 12.3. The lowest BCUT2D eigenvalue weighted by molar-refractivity contribution is -0.344. The Kier molecular flexibility index (Phi) is 15.3. The molecule has 3 rings (SSSR count). The van der Waals surface area contributed by atoms with Crippen LogP contribution in [0, 0.1) is 5.41 Å². The number of aliphatic carboxylic acids is 2. The van der Waals surface area contributed by atoms with Gasteiger partial charge in [-0.05, 0) is 49.9 Å². The number of carboxylic acid groups (broad SMARTS) is 2. The first-order chi connectivity index (χ1) is 21.3. The van der Waals surface area contributed by atoms with Crippen molar-refractivity contribution in [2.45, 2.75) is 18.8 Å². The van der Waals surface area contributed by atoms with Crippen LogP contribution in [0.1, 0.15) is 6.42 Å². The normalized spacial score (nSPS) is 11.3. The molecule has 0 atom stereocenters. The molecule has 0 saturated carbocycles. The van der Waals surface area contributed by atoms with Gasteiger partial charge >= 0.3 is 18.3 Å². The predicted molar refractivity (Wildman–Crippen MR) is 162 cm³/mol. The number of alkyl halides is 6. The van der Waals surface area contributed by atoms with Crippen LogP contribution in [0.3, 0.4) is 0 Å². The van der Waals surface area contributed by atoms with E-state index in [1.807, 2.05) is 11.9 Å². The molecule has 0 radical (unpaired) electrons. The average molecular weight is 675 g/mol. The van der Waals surface area contributed by atoms with Crippen LogP contribution in [0.2, 0.25) is 0 Å². The molecule has 16 heteroatoms. The van der Waals surface area contributed by atoms with Gasteiger partial charge in [0.05, 0.1) is 12.7 Å². The number of hydrogen-bond acceptors (Lipinski definition) is 6. The summed E-state index contributed by atoms with van der Waals surface area (Å²) in [6.45, 7) is 1.02. The maximum Gasteiger partial charge on any atom is 0.490 e. The van der Waals surface area contributed by atoms with Crippen LogP contribution < -0.4 is 26.8 Å². The van der Waals surface area contributed by atoms with Crippen LogP contribution in [0.4, 0.5) is 26.3 Å². The third-order valence-electron chi connectivity index (χ3n) is 6.24. The molecule has 3 aromatic carbocycles. The molecule has 0 saturated heterocycles. The molecule has 0 aliphatic rings. The first kappa shape index (κ1) is 39.5. The lowest BCUT2D eigenvalue weighted by Crippen LogP contribution is -2.43. The number of halogens is 6. The van der Waals surface area contributed by atoms with E-state index in [0.29, 0.717) is 0 Å². The van der Waals surface area contributed by atoms with E-state index >= 15 is 0 Å². The minimum absolute atomic E-state index is 0.171. The van der Waals surface area contributed by atoms with E-state index in [2.05, 4.69) is 91.0 Å². The number of guanidine groups is 1. The summed E-state index contributed by atoms with van der Waals surface area (Å²) >= 11 is 0. The summed E-state index contributed by atoms with van der Waals surface area (Å²) in [4.78, 5) is 33.2. The topological polar surface area (TPSA) is 151 Å². The van der Waals surface area contributed by atoms with Crippen molar-refractivity contribution < 1.29 is 50.9 Å². The number of carboxylic acids is 2. The zero-order chi connectivity index (χ0) is 35.1. The molecule has 250 valence electrons. The van der Waals surface area contributed by atoms with Gasteiger partial charge < -0.3 is 20.7 Å². The maximum atomic E-state index is 12.3. The Morgan fingerprint density at radius 1 is 0.783 bits per heavy atom. The summed E-state index contributed by atoms with van der Waals surface area (Å²) in [6, 6.07) is 32.5. The van der Waals surface area contributed by atoms with Crippen molar-refractivity contribution >= 4 is 47.0 Å². The Bertz CT molecular complexity index is 1290. The number of nitrogens with one attached hydrogen (secondary N) is 1. The van der Waals surface area contributed by atoms with Crippen molar-refractivity contribution in [1.82, 2.24) is 9.80 Å². The van der Waals surface area contributed by atoms with E-state index in [9.17, 15) is 31.1 Å². The van der Waals surface area contributed by atoms with Crippen molar-refractivity contribution in [1.29, 1.82) is 5.41 Å². The predicted octanol–water partition coefficient (Wildman–Crippen LogP) is 2.59. The van der Waals surface area contributed by atoms with Gasteiger partial charge in [-0.3, -0.25) is 20.0 Å². The Balaban J connectivity index is 0.000000629. The Morgan fingerprint density at radius 3 is 1.37 bits per heavy atom. The second kappa shape index (κ2) is 17.9. The monoisotopic (exact) mass is 674 g/mol. The molecule has 3 aromatic rings. The van der Waals surface area contributed by atoms with Gasteiger partial charge in [0.15, 0.2) is 5.96 Å². The van der Waals surface area contributed by atoms with E-state index in [-0.39, 0.29) is 18.4 Å². The number of nitrogens with zero attached hydrogens (tertiary/aromatic N) is 2. The second-order valence-corrected chi connectivity index (χ2v) is 13.2. The van der Waals surface area contributed by atoms with Crippen molar-refractivity contribution in [3.63, 3.8) is 0 Å². The van der Waals surface area contributed by atoms with E-state index in [1.54, 1.807) is 0 Å². The molecule has 0 fully saturated rings. The second-order valence-electron chi connectivity index (χ2n) is 9.56. The quantitative estimate of drug-likeness (QED) is 0.137. The molecule has 0 spiro atoms. The highest BCUT2D eigenvalue weighted by molar-refractivity contribution is 7.95. The number of carbonyl (C=O) groups excluding carboxylic acids is 2. The third kappa shape index (κ3) is 12.5. The average Bonchev–Trinajstić information content (AvgIpc) is 3.00. The molecule has 0 aliphatic carbocycles.